The van der Waals surface area contributed by atoms with E-state index in [4.69, 9.17) is 29.9 Å². The highest BCUT2D eigenvalue weighted by atomic mass is 16.6. The van der Waals surface area contributed by atoms with Gasteiger partial charge in [0.2, 0.25) is 23.6 Å². The number of carboxylic acid groups (broad SMARTS) is 4. The van der Waals surface area contributed by atoms with Crippen LogP contribution in [0.25, 0.3) is 12.2 Å². The molecule has 0 aromatic heterocycles. The highest BCUT2D eigenvalue weighted by molar-refractivity contribution is 6.18. The highest BCUT2D eigenvalue weighted by Gasteiger charge is 2.25. The molecule has 0 unspecified atom stereocenters. The monoisotopic (exact) mass is 1080 g/mol. The Bertz CT molecular complexity index is 2620. The lowest BCUT2D eigenvalue weighted by Crippen LogP contribution is -2.48. The average Bonchev–Trinajstić information content (AvgIpc) is 3.42. The summed E-state index contributed by atoms with van der Waals surface area (Å²) in [6.07, 6.45) is 6.91. The summed E-state index contributed by atoms with van der Waals surface area (Å²) in [7, 11) is 0. The van der Waals surface area contributed by atoms with Crippen molar-refractivity contribution in [1.82, 2.24) is 21.3 Å². The van der Waals surface area contributed by atoms with Gasteiger partial charge in [-0.15, -0.1) is 0 Å². The second-order valence-electron chi connectivity index (χ2n) is 17.8. The van der Waals surface area contributed by atoms with E-state index in [0.29, 0.717) is 35.3 Å². The summed E-state index contributed by atoms with van der Waals surface area (Å²) in [5.74, 6) is -8.89. The summed E-state index contributed by atoms with van der Waals surface area (Å²) in [6.45, 7) is 4.94. The van der Waals surface area contributed by atoms with Crippen LogP contribution in [0.5, 0.6) is 0 Å². The third kappa shape index (κ3) is 25.5. The van der Waals surface area contributed by atoms with Crippen molar-refractivity contribution < 1.29 is 77.8 Å². The van der Waals surface area contributed by atoms with E-state index in [1.54, 1.807) is 60.7 Å². The predicted octanol–water partition coefficient (Wildman–Crippen LogP) is 6.19. The number of hydrogen-bond donors (Lipinski definition) is 8. The molecule has 416 valence electrons. The van der Waals surface area contributed by atoms with Crippen LogP contribution >= 0.6 is 0 Å². The first-order valence-corrected chi connectivity index (χ1v) is 25.5. The lowest BCUT2D eigenvalue weighted by atomic mass is 10.0. The van der Waals surface area contributed by atoms with E-state index < -0.39 is 71.2 Å². The summed E-state index contributed by atoms with van der Waals surface area (Å²) >= 11 is 0. The van der Waals surface area contributed by atoms with Crippen LogP contribution in [0.15, 0.2) is 120 Å². The second kappa shape index (κ2) is 35.3. The Morgan fingerprint density at radius 2 is 0.808 bits per heavy atom. The molecular formula is C58H68N4O16. The van der Waals surface area contributed by atoms with E-state index in [9.17, 15) is 47.9 Å². The number of nitrogens with one attached hydrogen (secondary N) is 4. The molecule has 2 atom stereocenters. The molecule has 0 fully saturated rings. The van der Waals surface area contributed by atoms with Gasteiger partial charge in [-0.1, -0.05) is 149 Å². The van der Waals surface area contributed by atoms with Crippen LogP contribution in [0.2, 0.25) is 0 Å². The fourth-order valence-corrected chi connectivity index (χ4v) is 7.13. The largest absolute Gasteiger partial charge is 0.481 e. The Morgan fingerprint density at radius 3 is 1.14 bits per heavy atom. The number of ether oxygens (including phenoxy) is 2. The van der Waals surface area contributed by atoms with Gasteiger partial charge >= 0.3 is 35.8 Å². The summed E-state index contributed by atoms with van der Waals surface area (Å²) in [5.41, 5.74) is 2.65. The average molecular weight is 1080 g/mol. The van der Waals surface area contributed by atoms with Gasteiger partial charge < -0.3 is 51.2 Å². The SMILES string of the molecule is CCCCCNC(=O)[C@H](Cc1ccc(C=C(C(=O)O)C(=O)O)cc1)NC(=O)CCC(=O)O.CCCCCNC(=O)[C@H](Cc1ccc(C=C(C(=O)OCc2ccccc2)C(=O)OCc2ccccc2)cc1)NC(=O)CCC(=O)O. The molecular weight excluding hydrogens is 1010 g/mol. The van der Waals surface area contributed by atoms with E-state index in [-0.39, 0.29) is 63.2 Å². The van der Waals surface area contributed by atoms with Crippen LogP contribution in [0.1, 0.15) is 111 Å². The van der Waals surface area contributed by atoms with Crippen LogP contribution in [0.4, 0.5) is 0 Å². The minimum atomic E-state index is -1.56. The summed E-state index contributed by atoms with van der Waals surface area (Å²) in [4.78, 5) is 120. The lowest BCUT2D eigenvalue weighted by Gasteiger charge is -2.19. The van der Waals surface area contributed by atoms with Crippen LogP contribution in [0, 0.1) is 0 Å². The van der Waals surface area contributed by atoms with Crippen molar-refractivity contribution in [2.45, 2.75) is 116 Å². The number of rotatable bonds is 32. The molecule has 4 amide bonds. The minimum Gasteiger partial charge on any atom is -0.481 e. The van der Waals surface area contributed by atoms with Gasteiger partial charge in [0.05, 0.1) is 12.8 Å². The quantitative estimate of drug-likeness (QED) is 0.00888. The van der Waals surface area contributed by atoms with Gasteiger partial charge in [-0.05, 0) is 58.4 Å². The van der Waals surface area contributed by atoms with E-state index >= 15 is 0 Å². The van der Waals surface area contributed by atoms with E-state index in [2.05, 4.69) is 28.2 Å². The summed E-state index contributed by atoms with van der Waals surface area (Å²) < 4.78 is 10.9. The van der Waals surface area contributed by atoms with Crippen LogP contribution in [0.3, 0.4) is 0 Å². The number of carbonyl (C=O) groups excluding carboxylic acids is 6. The van der Waals surface area contributed by atoms with Crippen molar-refractivity contribution >= 4 is 71.6 Å². The number of aliphatic carboxylic acids is 4. The van der Waals surface area contributed by atoms with Gasteiger partial charge in [-0.25, -0.2) is 19.2 Å². The molecule has 0 saturated carbocycles. The number of esters is 2. The summed E-state index contributed by atoms with van der Waals surface area (Å²) in [5, 5.41) is 46.3. The molecule has 0 aliphatic carbocycles. The Kier molecular flexibility index (Phi) is 28.7. The smallest absolute Gasteiger partial charge is 0.345 e. The number of unbranched alkanes of at least 4 members (excludes halogenated alkanes) is 4. The van der Waals surface area contributed by atoms with E-state index in [1.165, 1.54) is 18.2 Å². The standard InChI is InChI=1S/C36H40N2O8.C22H28N2O8/c1-2-3-10-21-37-34(42)31(38-32(39)19-20-33(40)41)23-27-17-15-26(16-18-27)22-30(35(43)45-24-28-11-6-4-7-12-28)36(44)46-25-29-13-8-5-9-14-29;1-2-3-4-11-23-20(28)17(24-18(25)9-10-19(26)27)13-15-7-5-14(6-8-15)12-16(21(29)30)22(31)32/h4-9,11-18,22,31H,2-3,10,19-21,23-25H2,1H3,(H,37,42)(H,38,39)(H,40,41);5-8,12,17H,2-4,9-11,13H2,1H3,(H,23,28)(H,24,25)(H,26,27)(H,29,30)(H,31,32)/t31-;17-/m00/s1. The number of carbonyl (C=O) groups is 10. The molecule has 0 spiro atoms. The molecule has 78 heavy (non-hydrogen) atoms. The Labute approximate surface area is 452 Å². The normalized spacial score (nSPS) is 11.1. The molecule has 8 N–H and O–H groups in total. The first-order valence-electron chi connectivity index (χ1n) is 25.5. The van der Waals surface area contributed by atoms with Crippen molar-refractivity contribution in [2.75, 3.05) is 13.1 Å². The lowest BCUT2D eigenvalue weighted by molar-refractivity contribution is -0.149. The number of amides is 4. The topological polar surface area (TPSA) is 318 Å². The van der Waals surface area contributed by atoms with Gasteiger partial charge in [-0.3, -0.25) is 28.8 Å². The zero-order chi connectivity index (χ0) is 57.2. The Morgan fingerprint density at radius 1 is 0.449 bits per heavy atom. The molecule has 20 heteroatoms. The zero-order valence-electron chi connectivity index (χ0n) is 43.7. The zero-order valence-corrected chi connectivity index (χ0v) is 43.7. The van der Waals surface area contributed by atoms with Crippen LogP contribution < -0.4 is 21.3 Å². The maximum absolute atomic E-state index is 13.1. The molecule has 0 aliphatic heterocycles. The van der Waals surface area contributed by atoms with Crippen LogP contribution in [-0.2, 0) is 83.5 Å². The Balaban J connectivity index is 0.000000439. The van der Waals surface area contributed by atoms with Crippen LogP contribution in [-0.4, -0.2) is 105 Å². The van der Waals surface area contributed by atoms with Crippen molar-refractivity contribution in [3.63, 3.8) is 0 Å². The van der Waals surface area contributed by atoms with E-state index in [0.717, 1.165) is 55.7 Å². The first-order chi connectivity index (χ1) is 37.4. The number of hydrogen-bond acceptors (Lipinski definition) is 12. The van der Waals surface area contributed by atoms with Gasteiger partial charge in [-0.2, -0.15) is 0 Å². The van der Waals surface area contributed by atoms with Crippen molar-refractivity contribution in [1.29, 1.82) is 0 Å². The predicted molar refractivity (Wildman–Crippen MR) is 287 cm³/mol. The molecule has 0 radical (unpaired) electrons. The maximum Gasteiger partial charge on any atom is 0.345 e. The maximum atomic E-state index is 13.1. The molecule has 20 nitrogen and oxygen atoms in total. The fraction of sp³-hybridized carbons (Fsp3) is 0.345. The third-order valence-corrected chi connectivity index (χ3v) is 11.4. The third-order valence-electron chi connectivity index (χ3n) is 11.4. The first kappa shape index (κ1) is 63.4. The molecule has 0 saturated heterocycles. The second-order valence-corrected chi connectivity index (χ2v) is 17.8. The number of benzene rings is 4. The van der Waals surface area contributed by atoms with E-state index in [1.807, 2.05) is 43.3 Å². The fourth-order valence-electron chi connectivity index (χ4n) is 7.13. The van der Waals surface area contributed by atoms with Gasteiger partial charge in [0.15, 0.2) is 0 Å². The molecule has 4 aromatic carbocycles. The molecule has 4 aromatic rings. The molecule has 0 heterocycles. The minimum absolute atomic E-state index is 0.0258. The molecule has 0 bridgehead atoms. The Hall–Kier alpha value is -8.94. The highest BCUT2D eigenvalue weighted by Crippen LogP contribution is 2.17. The molecule has 4 rings (SSSR count). The van der Waals surface area contributed by atoms with Crippen molar-refractivity contribution in [3.05, 3.63) is 154 Å². The molecule has 0 aliphatic rings. The van der Waals surface area contributed by atoms with Gasteiger partial charge in [0, 0.05) is 38.8 Å². The van der Waals surface area contributed by atoms with Crippen molar-refractivity contribution in [3.8, 4) is 0 Å². The van der Waals surface area contributed by atoms with Gasteiger partial charge in [0.1, 0.15) is 36.4 Å². The summed E-state index contributed by atoms with van der Waals surface area (Å²) in [6, 6.07) is 29.3. The van der Waals surface area contributed by atoms with Crippen molar-refractivity contribution in [2.24, 2.45) is 0 Å². The number of carboxylic acids is 4. The van der Waals surface area contributed by atoms with Gasteiger partial charge in [0.25, 0.3) is 0 Å².